The fraction of sp³-hybridized carbons (Fsp3) is 0.750. The Kier molecular flexibility index (Phi) is 10.2. The number of nitrogens with zero attached hydrogens (tertiary/aromatic N) is 1. The van der Waals surface area contributed by atoms with E-state index in [9.17, 15) is 18.8 Å². The number of amides is 3. The molecule has 1 aliphatic heterocycles. The second kappa shape index (κ2) is 13.7. The minimum atomic E-state index is -0.701. The zero-order chi connectivity index (χ0) is 30.6. The zero-order valence-electron chi connectivity index (χ0n) is 26.8. The standard InChI is InChI=1S/C36H54FN3O3/c1-35(2,3)39-34(43)36(29-11-5-4-6-12-29)19-21-40(22-20-36)33(42)31(23-25-13-17-30(37)18-14-25)38-32(41)28-16-15-26-9-7-8-10-27(26)24-28/h13-14,17-18,26-29,31H,4-12,15-16,19-24H2,1-3H3,(H,38,41)(H,39,43)/t26-,27+,28?,31+/m0/s1. The summed E-state index contributed by atoms with van der Waals surface area (Å²) in [4.78, 5) is 43.5. The van der Waals surface area contributed by atoms with Gasteiger partial charge in [0.1, 0.15) is 11.9 Å². The summed E-state index contributed by atoms with van der Waals surface area (Å²) >= 11 is 0. The first-order valence-corrected chi connectivity index (χ1v) is 17.2. The van der Waals surface area contributed by atoms with Gasteiger partial charge in [0.25, 0.3) is 0 Å². The lowest BCUT2D eigenvalue weighted by Gasteiger charge is -2.48. The first-order chi connectivity index (χ1) is 20.5. The second-order valence-electron chi connectivity index (χ2n) is 15.2. The predicted octanol–water partition coefficient (Wildman–Crippen LogP) is 6.56. The molecular formula is C36H54FN3O3. The average Bonchev–Trinajstić information content (AvgIpc) is 3.00. The topological polar surface area (TPSA) is 78.5 Å². The van der Waals surface area contributed by atoms with Crippen molar-refractivity contribution in [3.63, 3.8) is 0 Å². The summed E-state index contributed by atoms with van der Waals surface area (Å²) in [5.74, 6) is 1.38. The smallest absolute Gasteiger partial charge is 0.245 e. The fourth-order valence-corrected chi connectivity index (χ4v) is 8.74. The number of rotatable bonds is 7. The first-order valence-electron chi connectivity index (χ1n) is 17.2. The molecule has 238 valence electrons. The van der Waals surface area contributed by atoms with E-state index in [4.69, 9.17) is 0 Å². The van der Waals surface area contributed by atoms with Crippen molar-refractivity contribution in [3.05, 3.63) is 35.6 Å². The van der Waals surface area contributed by atoms with Gasteiger partial charge in [0.15, 0.2) is 0 Å². The summed E-state index contributed by atoms with van der Waals surface area (Å²) in [6, 6.07) is 5.53. The molecule has 6 nitrogen and oxygen atoms in total. The third kappa shape index (κ3) is 7.81. The number of fused-ring (bicyclic) bond motifs is 1. The summed E-state index contributed by atoms with van der Waals surface area (Å²) in [7, 11) is 0. The molecule has 7 heteroatoms. The molecule has 5 rings (SSSR count). The molecule has 0 radical (unpaired) electrons. The molecule has 1 unspecified atom stereocenters. The highest BCUT2D eigenvalue weighted by Crippen LogP contribution is 2.47. The molecule has 2 N–H and O–H groups in total. The Hall–Kier alpha value is -2.44. The SMILES string of the molecule is CC(C)(C)NC(=O)C1(C2CCCCC2)CCN(C(=O)[C@@H](Cc2ccc(F)cc2)NC(=O)C2CC[C@@H]3CCCC[C@@H]3C2)CC1. The Balaban J connectivity index is 1.29. The largest absolute Gasteiger partial charge is 0.351 e. The molecule has 3 saturated carbocycles. The summed E-state index contributed by atoms with van der Waals surface area (Å²) in [5, 5.41) is 6.46. The zero-order valence-corrected chi connectivity index (χ0v) is 26.8. The van der Waals surface area contributed by atoms with Gasteiger partial charge in [-0.3, -0.25) is 14.4 Å². The van der Waals surface area contributed by atoms with Crippen LogP contribution in [0.2, 0.25) is 0 Å². The van der Waals surface area contributed by atoms with Gasteiger partial charge in [0.2, 0.25) is 17.7 Å². The van der Waals surface area contributed by atoms with E-state index in [2.05, 4.69) is 10.6 Å². The van der Waals surface area contributed by atoms with Gasteiger partial charge in [-0.25, -0.2) is 4.39 Å². The van der Waals surface area contributed by atoms with Crippen LogP contribution in [-0.4, -0.2) is 47.3 Å². The Morgan fingerprint density at radius 2 is 1.51 bits per heavy atom. The Morgan fingerprint density at radius 3 is 2.16 bits per heavy atom. The van der Waals surface area contributed by atoms with E-state index < -0.39 is 11.5 Å². The Morgan fingerprint density at radius 1 is 0.884 bits per heavy atom. The molecule has 3 aliphatic carbocycles. The molecule has 4 aliphatic rings. The van der Waals surface area contributed by atoms with Crippen LogP contribution in [-0.2, 0) is 20.8 Å². The van der Waals surface area contributed by atoms with Gasteiger partial charge in [-0.1, -0.05) is 57.1 Å². The number of piperidine rings is 1. The first kappa shape index (κ1) is 32.0. The summed E-state index contributed by atoms with van der Waals surface area (Å²) in [6.07, 6.45) is 15.3. The molecule has 43 heavy (non-hydrogen) atoms. The lowest BCUT2D eigenvalue weighted by molar-refractivity contribution is -0.147. The van der Waals surface area contributed by atoms with Crippen LogP contribution in [0.4, 0.5) is 4.39 Å². The Bertz CT molecular complexity index is 1120. The van der Waals surface area contributed by atoms with Gasteiger partial charge in [-0.05, 0) is 101 Å². The molecule has 1 heterocycles. The molecule has 0 aromatic heterocycles. The van der Waals surface area contributed by atoms with Crippen molar-refractivity contribution in [1.29, 1.82) is 0 Å². The van der Waals surface area contributed by atoms with E-state index in [-0.39, 0.29) is 35.0 Å². The van der Waals surface area contributed by atoms with Crippen molar-refractivity contribution in [2.24, 2.45) is 29.1 Å². The minimum absolute atomic E-state index is 0.0115. The van der Waals surface area contributed by atoms with E-state index >= 15 is 0 Å². The van der Waals surface area contributed by atoms with Gasteiger partial charge in [0.05, 0.1) is 5.41 Å². The van der Waals surface area contributed by atoms with E-state index in [1.807, 2.05) is 25.7 Å². The van der Waals surface area contributed by atoms with Crippen LogP contribution < -0.4 is 10.6 Å². The lowest BCUT2D eigenvalue weighted by Crippen LogP contribution is -2.59. The fourth-order valence-electron chi connectivity index (χ4n) is 8.74. The number of carbonyl (C=O) groups is 3. The molecule has 0 bridgehead atoms. The number of halogens is 1. The van der Waals surface area contributed by atoms with Crippen molar-refractivity contribution in [2.75, 3.05) is 13.1 Å². The molecule has 4 atom stereocenters. The van der Waals surface area contributed by atoms with Gasteiger partial charge in [-0.2, -0.15) is 0 Å². The molecule has 1 aromatic rings. The number of hydrogen-bond donors (Lipinski definition) is 2. The third-order valence-electron chi connectivity index (χ3n) is 11.2. The van der Waals surface area contributed by atoms with Gasteiger partial charge >= 0.3 is 0 Å². The van der Waals surface area contributed by atoms with E-state index in [0.29, 0.717) is 44.2 Å². The van der Waals surface area contributed by atoms with E-state index in [0.717, 1.165) is 56.4 Å². The maximum atomic E-state index is 14.1. The summed E-state index contributed by atoms with van der Waals surface area (Å²) in [5.41, 5.74) is 0.0559. The summed E-state index contributed by atoms with van der Waals surface area (Å²) < 4.78 is 13.7. The monoisotopic (exact) mass is 595 g/mol. The minimum Gasteiger partial charge on any atom is -0.351 e. The van der Waals surface area contributed by atoms with Crippen LogP contribution in [0.3, 0.4) is 0 Å². The Labute approximate surface area is 258 Å². The molecule has 0 spiro atoms. The van der Waals surface area contributed by atoms with Crippen LogP contribution in [0.15, 0.2) is 24.3 Å². The van der Waals surface area contributed by atoms with Gasteiger partial charge in [0, 0.05) is 31.0 Å². The van der Waals surface area contributed by atoms with Crippen molar-refractivity contribution in [1.82, 2.24) is 15.5 Å². The highest BCUT2D eigenvalue weighted by molar-refractivity contribution is 5.89. The molecule has 1 aromatic carbocycles. The number of nitrogens with one attached hydrogen (secondary N) is 2. The number of hydrogen-bond acceptors (Lipinski definition) is 3. The molecule has 4 fully saturated rings. The van der Waals surface area contributed by atoms with Gasteiger partial charge < -0.3 is 15.5 Å². The highest BCUT2D eigenvalue weighted by Gasteiger charge is 2.49. The molecule has 1 saturated heterocycles. The summed E-state index contributed by atoms with van der Waals surface area (Å²) in [6.45, 7) is 7.11. The van der Waals surface area contributed by atoms with E-state index in [1.165, 1.54) is 44.2 Å². The lowest BCUT2D eigenvalue weighted by atomic mass is 9.63. The van der Waals surface area contributed by atoms with Crippen molar-refractivity contribution in [3.8, 4) is 0 Å². The maximum Gasteiger partial charge on any atom is 0.245 e. The number of benzene rings is 1. The van der Waals surface area contributed by atoms with Gasteiger partial charge in [-0.15, -0.1) is 0 Å². The van der Waals surface area contributed by atoms with Crippen LogP contribution >= 0.6 is 0 Å². The molecule has 3 amide bonds. The van der Waals surface area contributed by atoms with Crippen LogP contribution in [0.25, 0.3) is 0 Å². The van der Waals surface area contributed by atoms with Crippen LogP contribution in [0, 0.1) is 34.9 Å². The van der Waals surface area contributed by atoms with Crippen LogP contribution in [0.5, 0.6) is 0 Å². The van der Waals surface area contributed by atoms with Crippen molar-refractivity contribution >= 4 is 17.7 Å². The number of carbonyl (C=O) groups excluding carboxylic acids is 3. The highest BCUT2D eigenvalue weighted by atomic mass is 19.1. The number of likely N-dealkylation sites (tertiary alicyclic amines) is 1. The van der Waals surface area contributed by atoms with Crippen molar-refractivity contribution < 1.29 is 18.8 Å². The molecular weight excluding hydrogens is 541 g/mol. The average molecular weight is 596 g/mol. The van der Waals surface area contributed by atoms with Crippen molar-refractivity contribution in [2.45, 2.75) is 129 Å². The normalized spacial score (nSPS) is 27.1. The van der Waals surface area contributed by atoms with Crippen LogP contribution in [0.1, 0.15) is 116 Å². The quantitative estimate of drug-likeness (QED) is 0.375. The van der Waals surface area contributed by atoms with E-state index in [1.54, 1.807) is 12.1 Å². The predicted molar refractivity (Wildman–Crippen MR) is 168 cm³/mol. The second-order valence-corrected chi connectivity index (χ2v) is 15.2. The maximum absolute atomic E-state index is 14.1. The third-order valence-corrected chi connectivity index (χ3v) is 11.2.